The van der Waals surface area contributed by atoms with Crippen LogP contribution in [0.5, 0.6) is 0 Å². The molecule has 0 aliphatic rings. The van der Waals surface area contributed by atoms with Gasteiger partial charge in [-0.3, -0.25) is 0 Å². The van der Waals surface area contributed by atoms with Crippen LogP contribution in [-0.4, -0.2) is 16.1 Å². The van der Waals surface area contributed by atoms with E-state index in [2.05, 4.69) is 10.3 Å². The van der Waals surface area contributed by atoms with Crippen molar-refractivity contribution in [3.8, 4) is 0 Å². The fraction of sp³-hybridized carbons (Fsp3) is 0.375. The Morgan fingerprint density at radius 2 is 2.10 bits per heavy atom. The van der Waals surface area contributed by atoms with Gasteiger partial charge in [0.2, 0.25) is 0 Å². The standard InChI is InChI=1S/C16H20N2O2S/c1-10(12-6-5-7-21-12)17-14-9-11(15(19)20)8-13(18-14)16(2,3)4/h5-10H,1-4H3,(H,17,18)(H,19,20). The number of hydrogen-bond donors (Lipinski definition) is 2. The zero-order valence-electron chi connectivity index (χ0n) is 12.7. The topological polar surface area (TPSA) is 62.2 Å². The summed E-state index contributed by atoms with van der Waals surface area (Å²) in [6, 6.07) is 7.37. The van der Waals surface area contributed by atoms with Gasteiger partial charge in [0.15, 0.2) is 0 Å². The van der Waals surface area contributed by atoms with Crippen molar-refractivity contribution in [2.24, 2.45) is 0 Å². The maximum atomic E-state index is 11.3. The van der Waals surface area contributed by atoms with Gasteiger partial charge in [-0.05, 0) is 30.5 Å². The van der Waals surface area contributed by atoms with Crippen molar-refractivity contribution in [2.75, 3.05) is 5.32 Å². The molecule has 5 heteroatoms. The van der Waals surface area contributed by atoms with E-state index in [0.29, 0.717) is 5.82 Å². The van der Waals surface area contributed by atoms with Crippen LogP contribution in [0.1, 0.15) is 54.7 Å². The molecular formula is C16H20N2O2S. The number of aromatic nitrogens is 1. The molecular weight excluding hydrogens is 284 g/mol. The first-order valence-corrected chi connectivity index (χ1v) is 7.71. The highest BCUT2D eigenvalue weighted by Crippen LogP contribution is 2.26. The number of carboxylic acids is 1. The molecule has 0 fully saturated rings. The molecule has 0 aromatic carbocycles. The van der Waals surface area contributed by atoms with Gasteiger partial charge in [-0.1, -0.05) is 26.8 Å². The molecule has 2 rings (SSSR count). The second kappa shape index (κ2) is 5.85. The Balaban J connectivity index is 2.34. The summed E-state index contributed by atoms with van der Waals surface area (Å²) in [4.78, 5) is 17.1. The van der Waals surface area contributed by atoms with Crippen LogP contribution in [0.3, 0.4) is 0 Å². The lowest BCUT2D eigenvalue weighted by Crippen LogP contribution is -2.17. The summed E-state index contributed by atoms with van der Waals surface area (Å²) >= 11 is 1.66. The summed E-state index contributed by atoms with van der Waals surface area (Å²) in [6.07, 6.45) is 0. The molecule has 0 saturated heterocycles. The maximum absolute atomic E-state index is 11.3. The van der Waals surface area contributed by atoms with Crippen LogP contribution in [0.15, 0.2) is 29.6 Å². The fourth-order valence-electron chi connectivity index (χ4n) is 1.94. The van der Waals surface area contributed by atoms with Gasteiger partial charge >= 0.3 is 5.97 Å². The quantitative estimate of drug-likeness (QED) is 0.883. The summed E-state index contributed by atoms with van der Waals surface area (Å²) in [7, 11) is 0. The van der Waals surface area contributed by atoms with Crippen LogP contribution in [0.4, 0.5) is 5.82 Å². The molecule has 2 aromatic heterocycles. The van der Waals surface area contributed by atoms with Gasteiger partial charge in [-0.2, -0.15) is 0 Å². The largest absolute Gasteiger partial charge is 0.478 e. The molecule has 1 unspecified atom stereocenters. The van der Waals surface area contributed by atoms with E-state index < -0.39 is 5.97 Å². The van der Waals surface area contributed by atoms with Crippen LogP contribution in [0, 0.1) is 0 Å². The Morgan fingerprint density at radius 3 is 2.62 bits per heavy atom. The fourth-order valence-corrected chi connectivity index (χ4v) is 2.68. The minimum Gasteiger partial charge on any atom is -0.478 e. The van der Waals surface area contributed by atoms with Gasteiger partial charge in [-0.25, -0.2) is 9.78 Å². The zero-order valence-corrected chi connectivity index (χ0v) is 13.5. The third-order valence-electron chi connectivity index (χ3n) is 3.18. The van der Waals surface area contributed by atoms with E-state index in [4.69, 9.17) is 0 Å². The normalized spacial score (nSPS) is 13.0. The Hall–Kier alpha value is -1.88. The molecule has 0 saturated carbocycles. The maximum Gasteiger partial charge on any atom is 0.335 e. The van der Waals surface area contributed by atoms with E-state index in [1.54, 1.807) is 23.5 Å². The van der Waals surface area contributed by atoms with Gasteiger partial charge in [0.25, 0.3) is 0 Å². The van der Waals surface area contributed by atoms with Crippen molar-refractivity contribution in [3.63, 3.8) is 0 Å². The van der Waals surface area contributed by atoms with Gasteiger partial charge in [0.1, 0.15) is 5.82 Å². The van der Waals surface area contributed by atoms with Crippen LogP contribution >= 0.6 is 11.3 Å². The molecule has 2 aromatic rings. The van der Waals surface area contributed by atoms with Crippen LogP contribution < -0.4 is 5.32 Å². The van der Waals surface area contributed by atoms with Crippen molar-refractivity contribution < 1.29 is 9.90 Å². The molecule has 21 heavy (non-hydrogen) atoms. The second-order valence-electron chi connectivity index (χ2n) is 6.06. The highest BCUT2D eigenvalue weighted by Gasteiger charge is 2.19. The molecule has 0 spiro atoms. The van der Waals surface area contributed by atoms with Crippen molar-refractivity contribution in [1.29, 1.82) is 0 Å². The predicted octanol–water partition coefficient (Wildman–Crippen LogP) is 4.31. The minimum atomic E-state index is -0.935. The van der Waals surface area contributed by atoms with Crippen molar-refractivity contribution >= 4 is 23.1 Å². The number of hydrogen-bond acceptors (Lipinski definition) is 4. The monoisotopic (exact) mass is 304 g/mol. The predicted molar refractivity (Wildman–Crippen MR) is 86.3 cm³/mol. The lowest BCUT2D eigenvalue weighted by Gasteiger charge is -2.21. The molecule has 0 amide bonds. The number of carbonyl (C=O) groups is 1. The van der Waals surface area contributed by atoms with Crippen molar-refractivity contribution in [2.45, 2.75) is 39.2 Å². The molecule has 0 radical (unpaired) electrons. The third-order valence-corrected chi connectivity index (χ3v) is 4.23. The summed E-state index contributed by atoms with van der Waals surface area (Å²) in [5.74, 6) is -0.338. The van der Waals surface area contributed by atoms with Crippen LogP contribution in [-0.2, 0) is 5.41 Å². The molecule has 4 nitrogen and oxygen atoms in total. The number of anilines is 1. The summed E-state index contributed by atoms with van der Waals surface area (Å²) in [6.45, 7) is 8.10. The van der Waals surface area contributed by atoms with Crippen molar-refractivity contribution in [3.05, 3.63) is 45.8 Å². The first kappa shape index (κ1) is 15.5. The first-order valence-electron chi connectivity index (χ1n) is 6.83. The molecule has 1 atom stereocenters. The van der Waals surface area contributed by atoms with E-state index >= 15 is 0 Å². The van der Waals surface area contributed by atoms with E-state index in [1.807, 2.05) is 45.2 Å². The summed E-state index contributed by atoms with van der Waals surface area (Å²) in [5.41, 5.74) is 0.827. The highest BCUT2D eigenvalue weighted by atomic mass is 32.1. The van der Waals surface area contributed by atoms with Gasteiger partial charge < -0.3 is 10.4 Å². The average molecular weight is 304 g/mol. The van der Waals surface area contributed by atoms with E-state index in [-0.39, 0.29) is 17.0 Å². The van der Waals surface area contributed by atoms with Crippen LogP contribution in [0.2, 0.25) is 0 Å². The first-order chi connectivity index (χ1) is 9.77. The van der Waals surface area contributed by atoms with Gasteiger partial charge in [0.05, 0.1) is 11.6 Å². The minimum absolute atomic E-state index is 0.0920. The average Bonchev–Trinajstić information content (AvgIpc) is 2.91. The Labute approximate surface area is 128 Å². The van der Waals surface area contributed by atoms with Gasteiger partial charge in [0, 0.05) is 16.0 Å². The lowest BCUT2D eigenvalue weighted by molar-refractivity contribution is 0.0696. The summed E-state index contributed by atoms with van der Waals surface area (Å²) in [5, 5.41) is 14.6. The Kier molecular flexibility index (Phi) is 4.32. The molecule has 2 heterocycles. The molecule has 2 N–H and O–H groups in total. The zero-order chi connectivity index (χ0) is 15.6. The second-order valence-corrected chi connectivity index (χ2v) is 7.04. The van der Waals surface area contributed by atoms with E-state index in [1.165, 1.54) is 4.88 Å². The molecule has 0 aliphatic carbocycles. The molecule has 112 valence electrons. The number of rotatable bonds is 4. The van der Waals surface area contributed by atoms with Crippen LogP contribution in [0.25, 0.3) is 0 Å². The summed E-state index contributed by atoms with van der Waals surface area (Å²) < 4.78 is 0. The Bertz CT molecular complexity index is 630. The van der Waals surface area contributed by atoms with Gasteiger partial charge in [-0.15, -0.1) is 11.3 Å². The Morgan fingerprint density at radius 1 is 1.38 bits per heavy atom. The number of thiophene rings is 1. The highest BCUT2D eigenvalue weighted by molar-refractivity contribution is 7.10. The molecule has 0 aliphatic heterocycles. The van der Waals surface area contributed by atoms with Crippen molar-refractivity contribution in [1.82, 2.24) is 4.98 Å². The number of pyridine rings is 1. The number of nitrogens with one attached hydrogen (secondary N) is 1. The molecule has 0 bridgehead atoms. The smallest absolute Gasteiger partial charge is 0.335 e. The van der Waals surface area contributed by atoms with E-state index in [9.17, 15) is 9.90 Å². The SMILES string of the molecule is CC(Nc1cc(C(=O)O)cc(C(C)(C)C)n1)c1cccs1. The lowest BCUT2D eigenvalue weighted by atomic mass is 9.90. The number of aromatic carboxylic acids is 1. The van der Waals surface area contributed by atoms with E-state index in [0.717, 1.165) is 5.69 Å². The third kappa shape index (κ3) is 3.82. The number of carboxylic acid groups (broad SMARTS) is 1. The number of nitrogens with zero attached hydrogens (tertiary/aromatic N) is 1.